The van der Waals surface area contributed by atoms with Crippen molar-refractivity contribution < 1.29 is 0 Å². The van der Waals surface area contributed by atoms with E-state index in [0.717, 1.165) is 24.5 Å². The van der Waals surface area contributed by atoms with Crippen LogP contribution in [0.5, 0.6) is 0 Å². The highest BCUT2D eigenvalue weighted by Gasteiger charge is 2.21. The summed E-state index contributed by atoms with van der Waals surface area (Å²) in [5.74, 6) is 0.619. The van der Waals surface area contributed by atoms with Crippen molar-refractivity contribution in [2.24, 2.45) is 5.92 Å². The van der Waals surface area contributed by atoms with Crippen molar-refractivity contribution in [1.29, 1.82) is 0 Å². The highest BCUT2D eigenvalue weighted by molar-refractivity contribution is 6.32. The Bertz CT molecular complexity index is 405. The quantitative estimate of drug-likeness (QED) is 0.813. The first kappa shape index (κ1) is 14.6. The molecule has 1 N–H and O–H groups in total. The monoisotopic (exact) mass is 277 g/mol. The van der Waals surface area contributed by atoms with E-state index < -0.39 is 0 Å². The van der Waals surface area contributed by atoms with Crippen molar-refractivity contribution >= 4 is 17.2 Å². The molecule has 1 aliphatic heterocycles. The molecule has 0 aromatic heterocycles. The SMILES string of the molecule is CCCCC(Cl)=C(c1ccccc1)C1CCNCC1. The molecule has 0 amide bonds. The molecule has 2 rings (SSSR count). The summed E-state index contributed by atoms with van der Waals surface area (Å²) in [6.07, 6.45) is 5.80. The highest BCUT2D eigenvalue weighted by Crippen LogP contribution is 2.36. The number of unbranched alkanes of at least 4 members (excludes halogenated alkanes) is 1. The Morgan fingerprint density at radius 2 is 1.89 bits per heavy atom. The molecule has 0 atom stereocenters. The van der Waals surface area contributed by atoms with Gasteiger partial charge in [0.05, 0.1) is 0 Å². The molecule has 2 heteroatoms. The molecule has 1 saturated heterocycles. The molecule has 1 aromatic rings. The van der Waals surface area contributed by atoms with Crippen LogP contribution in [-0.2, 0) is 0 Å². The van der Waals surface area contributed by atoms with Gasteiger partial charge in [-0.25, -0.2) is 0 Å². The molecule has 1 aliphatic rings. The van der Waals surface area contributed by atoms with E-state index in [2.05, 4.69) is 42.6 Å². The molecular formula is C17H24ClN. The molecule has 0 saturated carbocycles. The van der Waals surface area contributed by atoms with E-state index in [4.69, 9.17) is 11.6 Å². The van der Waals surface area contributed by atoms with E-state index in [1.165, 1.54) is 36.8 Å². The average Bonchev–Trinajstić information content (AvgIpc) is 2.47. The normalized spacial score (nSPS) is 18.2. The smallest absolute Gasteiger partial charge is 0.0221 e. The first-order valence-electron chi connectivity index (χ1n) is 7.47. The maximum atomic E-state index is 6.65. The van der Waals surface area contributed by atoms with Crippen molar-refractivity contribution in [1.82, 2.24) is 5.32 Å². The van der Waals surface area contributed by atoms with Crippen molar-refractivity contribution in [3.05, 3.63) is 40.9 Å². The maximum absolute atomic E-state index is 6.65. The minimum atomic E-state index is 0.619. The molecule has 1 heterocycles. The van der Waals surface area contributed by atoms with E-state index in [0.29, 0.717) is 5.92 Å². The fourth-order valence-corrected chi connectivity index (χ4v) is 3.21. The molecule has 1 aromatic carbocycles. The van der Waals surface area contributed by atoms with Crippen LogP contribution in [0.2, 0.25) is 0 Å². The van der Waals surface area contributed by atoms with E-state index in [-0.39, 0.29) is 0 Å². The number of allylic oxidation sites excluding steroid dienone is 2. The molecule has 104 valence electrons. The van der Waals surface area contributed by atoms with Gasteiger partial charge in [-0.05, 0) is 55.8 Å². The Morgan fingerprint density at radius 1 is 1.21 bits per heavy atom. The van der Waals surface area contributed by atoms with Crippen LogP contribution in [-0.4, -0.2) is 13.1 Å². The van der Waals surface area contributed by atoms with Gasteiger partial charge in [0, 0.05) is 5.03 Å². The second-order valence-corrected chi connectivity index (χ2v) is 5.77. The third-order valence-corrected chi connectivity index (χ3v) is 4.27. The van der Waals surface area contributed by atoms with Crippen LogP contribution in [0.25, 0.3) is 5.57 Å². The van der Waals surface area contributed by atoms with Gasteiger partial charge in [-0.2, -0.15) is 0 Å². The zero-order chi connectivity index (χ0) is 13.5. The molecule has 19 heavy (non-hydrogen) atoms. The van der Waals surface area contributed by atoms with Crippen molar-refractivity contribution in [2.45, 2.75) is 39.0 Å². The summed E-state index contributed by atoms with van der Waals surface area (Å²) in [4.78, 5) is 0. The van der Waals surface area contributed by atoms with Crippen LogP contribution >= 0.6 is 11.6 Å². The lowest BCUT2D eigenvalue weighted by atomic mass is 9.84. The highest BCUT2D eigenvalue weighted by atomic mass is 35.5. The summed E-state index contributed by atoms with van der Waals surface area (Å²) >= 11 is 6.65. The number of rotatable bonds is 5. The largest absolute Gasteiger partial charge is 0.317 e. The Hall–Kier alpha value is -0.790. The van der Waals surface area contributed by atoms with Gasteiger partial charge in [0.25, 0.3) is 0 Å². The Labute approximate surface area is 122 Å². The predicted octanol–water partition coefficient (Wildman–Crippen LogP) is 4.83. The fourth-order valence-electron chi connectivity index (χ4n) is 2.81. The molecule has 1 nitrogen and oxygen atoms in total. The molecule has 0 unspecified atom stereocenters. The zero-order valence-electron chi connectivity index (χ0n) is 11.8. The number of benzene rings is 1. The molecule has 1 fully saturated rings. The topological polar surface area (TPSA) is 12.0 Å². The van der Waals surface area contributed by atoms with E-state index in [9.17, 15) is 0 Å². The lowest BCUT2D eigenvalue weighted by molar-refractivity contribution is 0.445. The van der Waals surface area contributed by atoms with Crippen LogP contribution in [0.15, 0.2) is 35.4 Å². The lowest BCUT2D eigenvalue weighted by Crippen LogP contribution is -2.28. The summed E-state index contributed by atoms with van der Waals surface area (Å²) in [5, 5.41) is 4.52. The number of nitrogens with one attached hydrogen (secondary N) is 1. The van der Waals surface area contributed by atoms with Gasteiger partial charge in [-0.3, -0.25) is 0 Å². The van der Waals surface area contributed by atoms with Gasteiger partial charge in [-0.1, -0.05) is 55.3 Å². The predicted molar refractivity (Wildman–Crippen MR) is 84.3 cm³/mol. The third kappa shape index (κ3) is 4.09. The number of halogens is 1. The van der Waals surface area contributed by atoms with E-state index >= 15 is 0 Å². The van der Waals surface area contributed by atoms with E-state index in [1.807, 2.05) is 0 Å². The first-order chi connectivity index (χ1) is 9.33. The third-order valence-electron chi connectivity index (χ3n) is 3.87. The molecule has 0 radical (unpaired) electrons. The van der Waals surface area contributed by atoms with Crippen molar-refractivity contribution in [2.75, 3.05) is 13.1 Å². The number of hydrogen-bond acceptors (Lipinski definition) is 1. The van der Waals surface area contributed by atoms with Gasteiger partial charge in [0.15, 0.2) is 0 Å². The summed E-state index contributed by atoms with van der Waals surface area (Å²) in [6.45, 7) is 4.44. The summed E-state index contributed by atoms with van der Waals surface area (Å²) in [6, 6.07) is 10.7. The van der Waals surface area contributed by atoms with Crippen molar-refractivity contribution in [3.63, 3.8) is 0 Å². The maximum Gasteiger partial charge on any atom is 0.0221 e. The van der Waals surface area contributed by atoms with Crippen LogP contribution in [0.1, 0.15) is 44.6 Å². The Morgan fingerprint density at radius 3 is 2.53 bits per heavy atom. The summed E-state index contributed by atoms with van der Waals surface area (Å²) in [7, 11) is 0. The van der Waals surface area contributed by atoms with Crippen LogP contribution in [0, 0.1) is 5.92 Å². The minimum Gasteiger partial charge on any atom is -0.317 e. The molecule has 0 spiro atoms. The average molecular weight is 278 g/mol. The Kier molecular flexibility index (Phi) is 5.93. The van der Waals surface area contributed by atoms with Gasteiger partial charge in [-0.15, -0.1) is 0 Å². The van der Waals surface area contributed by atoms with E-state index in [1.54, 1.807) is 0 Å². The van der Waals surface area contributed by atoms with Gasteiger partial charge < -0.3 is 5.32 Å². The number of hydrogen-bond donors (Lipinski definition) is 1. The Balaban J connectivity index is 2.26. The number of piperidine rings is 1. The van der Waals surface area contributed by atoms with Crippen LogP contribution in [0.4, 0.5) is 0 Å². The standard InChI is InChI=1S/C17H24ClN/c1-2-3-9-16(18)17(14-7-5-4-6-8-14)15-10-12-19-13-11-15/h4-8,15,19H,2-3,9-13H2,1H3. The molecule has 0 aliphatic carbocycles. The van der Waals surface area contributed by atoms with Crippen molar-refractivity contribution in [3.8, 4) is 0 Å². The first-order valence-corrected chi connectivity index (χ1v) is 7.85. The summed E-state index contributed by atoms with van der Waals surface area (Å²) < 4.78 is 0. The molecular weight excluding hydrogens is 254 g/mol. The minimum absolute atomic E-state index is 0.619. The molecule has 0 bridgehead atoms. The van der Waals surface area contributed by atoms with Gasteiger partial charge >= 0.3 is 0 Å². The summed E-state index contributed by atoms with van der Waals surface area (Å²) in [5.41, 5.74) is 2.72. The van der Waals surface area contributed by atoms with Gasteiger partial charge in [0.1, 0.15) is 0 Å². The van der Waals surface area contributed by atoms with Crippen LogP contribution in [0.3, 0.4) is 0 Å². The second kappa shape index (κ2) is 7.72. The second-order valence-electron chi connectivity index (χ2n) is 5.31. The van der Waals surface area contributed by atoms with Gasteiger partial charge in [0.2, 0.25) is 0 Å². The lowest BCUT2D eigenvalue weighted by Gasteiger charge is -2.27. The van der Waals surface area contributed by atoms with Crippen LogP contribution < -0.4 is 5.32 Å². The fraction of sp³-hybridized carbons (Fsp3) is 0.529. The zero-order valence-corrected chi connectivity index (χ0v) is 12.5.